The van der Waals surface area contributed by atoms with Crippen LogP contribution in [0.4, 0.5) is 0 Å². The molecule has 0 aromatic rings. The van der Waals surface area contributed by atoms with Gasteiger partial charge in [0.05, 0.1) is 0 Å². The monoisotopic (exact) mass is 192 g/mol. The summed E-state index contributed by atoms with van der Waals surface area (Å²) in [6, 6.07) is 0. The van der Waals surface area contributed by atoms with Gasteiger partial charge in [0, 0.05) is 0 Å². The minimum Gasteiger partial charge on any atom is -0.0847 e. The third-order valence-electron chi connectivity index (χ3n) is 5.07. The van der Waals surface area contributed by atoms with E-state index < -0.39 is 0 Å². The van der Waals surface area contributed by atoms with Crippen molar-refractivity contribution in [3.63, 3.8) is 0 Å². The highest BCUT2D eigenvalue weighted by atomic mass is 14.5. The van der Waals surface area contributed by atoms with Crippen molar-refractivity contribution in [2.24, 2.45) is 16.7 Å². The molecule has 2 rings (SSSR count). The zero-order valence-electron chi connectivity index (χ0n) is 10.2. The van der Waals surface area contributed by atoms with E-state index in [9.17, 15) is 0 Å². The molecule has 0 bridgehead atoms. The summed E-state index contributed by atoms with van der Waals surface area (Å²) in [6.07, 6.45) is 9.43. The first-order valence-electron chi connectivity index (χ1n) is 6.15. The fraction of sp³-hybridized carbons (Fsp3) is 0.857. The van der Waals surface area contributed by atoms with Crippen molar-refractivity contribution >= 4 is 0 Å². The predicted molar refractivity (Wildman–Crippen MR) is 62.2 cm³/mol. The van der Waals surface area contributed by atoms with Crippen LogP contribution in [0.1, 0.15) is 59.8 Å². The topological polar surface area (TPSA) is 0 Å². The summed E-state index contributed by atoms with van der Waals surface area (Å²) in [7, 11) is 0. The number of allylic oxidation sites excluding steroid dienone is 2. The maximum absolute atomic E-state index is 2.54. The van der Waals surface area contributed by atoms with Gasteiger partial charge in [-0.1, -0.05) is 39.3 Å². The Hall–Kier alpha value is -0.260. The lowest BCUT2D eigenvalue weighted by Crippen LogP contribution is -2.42. The largest absolute Gasteiger partial charge is 0.0847 e. The second-order valence-electron chi connectivity index (χ2n) is 6.33. The van der Waals surface area contributed by atoms with Gasteiger partial charge < -0.3 is 0 Å². The van der Waals surface area contributed by atoms with Crippen LogP contribution in [0.3, 0.4) is 0 Å². The average Bonchev–Trinajstić information content (AvgIpc) is 2.09. The van der Waals surface area contributed by atoms with Crippen molar-refractivity contribution in [3.8, 4) is 0 Å². The fourth-order valence-electron chi connectivity index (χ4n) is 3.36. The van der Waals surface area contributed by atoms with Crippen LogP contribution in [0.5, 0.6) is 0 Å². The molecule has 0 aliphatic heterocycles. The molecule has 14 heavy (non-hydrogen) atoms. The molecule has 0 heterocycles. The van der Waals surface area contributed by atoms with Crippen LogP contribution >= 0.6 is 0 Å². The van der Waals surface area contributed by atoms with Crippen molar-refractivity contribution in [3.05, 3.63) is 11.6 Å². The summed E-state index contributed by atoms with van der Waals surface area (Å²) < 4.78 is 0. The van der Waals surface area contributed by atoms with Gasteiger partial charge >= 0.3 is 0 Å². The van der Waals surface area contributed by atoms with Gasteiger partial charge in [-0.2, -0.15) is 0 Å². The Morgan fingerprint density at radius 1 is 1.21 bits per heavy atom. The van der Waals surface area contributed by atoms with Crippen molar-refractivity contribution in [2.75, 3.05) is 0 Å². The van der Waals surface area contributed by atoms with Gasteiger partial charge in [0.2, 0.25) is 0 Å². The highest BCUT2D eigenvalue weighted by molar-refractivity contribution is 5.23. The van der Waals surface area contributed by atoms with Crippen LogP contribution in [0.25, 0.3) is 0 Å². The fourth-order valence-corrected chi connectivity index (χ4v) is 3.36. The van der Waals surface area contributed by atoms with E-state index in [1.54, 1.807) is 5.57 Å². The van der Waals surface area contributed by atoms with E-state index in [2.05, 4.69) is 33.8 Å². The SMILES string of the molecule is C[C@@H]1CC[C@@]2(C)C(=CCCC2(C)C)C1. The first kappa shape index (κ1) is 10.3. The second-order valence-corrected chi connectivity index (χ2v) is 6.33. The Labute approximate surface area is 88.8 Å². The molecule has 0 radical (unpaired) electrons. The molecule has 0 nitrogen and oxygen atoms in total. The number of rotatable bonds is 0. The van der Waals surface area contributed by atoms with Gasteiger partial charge in [0.25, 0.3) is 0 Å². The lowest BCUT2D eigenvalue weighted by molar-refractivity contribution is 0.0657. The van der Waals surface area contributed by atoms with E-state index in [1.807, 2.05) is 0 Å². The molecule has 0 aromatic carbocycles. The first-order chi connectivity index (χ1) is 6.46. The Kier molecular flexibility index (Phi) is 2.28. The summed E-state index contributed by atoms with van der Waals surface area (Å²) in [5.74, 6) is 0.920. The zero-order chi connectivity index (χ0) is 10.4. The molecule has 1 fully saturated rings. The van der Waals surface area contributed by atoms with Crippen LogP contribution in [-0.4, -0.2) is 0 Å². The minimum atomic E-state index is 0.512. The molecule has 2 aliphatic carbocycles. The molecule has 0 amide bonds. The van der Waals surface area contributed by atoms with E-state index in [-0.39, 0.29) is 0 Å². The maximum atomic E-state index is 2.54. The summed E-state index contributed by atoms with van der Waals surface area (Å²) in [6.45, 7) is 9.85. The lowest BCUT2D eigenvalue weighted by Gasteiger charge is -2.52. The van der Waals surface area contributed by atoms with Crippen LogP contribution in [0.2, 0.25) is 0 Å². The molecule has 80 valence electrons. The smallest absolute Gasteiger partial charge is 0.00650 e. The van der Waals surface area contributed by atoms with Gasteiger partial charge in [-0.25, -0.2) is 0 Å². The standard InChI is InChI=1S/C14H24/c1-11-7-9-14(4)12(10-11)6-5-8-13(14,2)3/h6,11H,5,7-10H2,1-4H3/t11-,14+/m1/s1. The van der Waals surface area contributed by atoms with Crippen molar-refractivity contribution < 1.29 is 0 Å². The third kappa shape index (κ3) is 1.34. The van der Waals surface area contributed by atoms with Crippen LogP contribution in [0, 0.1) is 16.7 Å². The van der Waals surface area contributed by atoms with Crippen molar-refractivity contribution in [2.45, 2.75) is 59.8 Å². The first-order valence-corrected chi connectivity index (χ1v) is 6.15. The summed E-state index contributed by atoms with van der Waals surface area (Å²) >= 11 is 0. The maximum Gasteiger partial charge on any atom is -0.00650 e. The second kappa shape index (κ2) is 3.12. The number of hydrogen-bond donors (Lipinski definition) is 0. The molecular weight excluding hydrogens is 168 g/mol. The molecule has 0 saturated heterocycles. The quantitative estimate of drug-likeness (QED) is 0.494. The lowest BCUT2D eigenvalue weighted by atomic mass is 9.52. The van der Waals surface area contributed by atoms with E-state index >= 15 is 0 Å². The van der Waals surface area contributed by atoms with Crippen LogP contribution in [0.15, 0.2) is 11.6 Å². The highest BCUT2D eigenvalue weighted by Gasteiger charge is 2.46. The van der Waals surface area contributed by atoms with E-state index in [4.69, 9.17) is 0 Å². The normalized spacial score (nSPS) is 41.4. The van der Waals surface area contributed by atoms with Gasteiger partial charge in [-0.3, -0.25) is 0 Å². The summed E-state index contributed by atoms with van der Waals surface area (Å²) in [5.41, 5.74) is 2.81. The summed E-state index contributed by atoms with van der Waals surface area (Å²) in [4.78, 5) is 0. The number of fused-ring (bicyclic) bond motifs is 1. The zero-order valence-corrected chi connectivity index (χ0v) is 10.2. The molecular formula is C14H24. The Bertz CT molecular complexity index is 259. The Balaban J connectivity index is 2.33. The predicted octanol–water partition coefficient (Wildman–Crippen LogP) is 4.56. The van der Waals surface area contributed by atoms with Gasteiger partial charge in [-0.05, 0) is 48.9 Å². The van der Waals surface area contributed by atoms with E-state index in [0.717, 1.165) is 5.92 Å². The molecule has 2 aliphatic rings. The number of hydrogen-bond acceptors (Lipinski definition) is 0. The van der Waals surface area contributed by atoms with Crippen LogP contribution in [-0.2, 0) is 0 Å². The molecule has 0 spiro atoms. The highest BCUT2D eigenvalue weighted by Crippen LogP contribution is 2.57. The van der Waals surface area contributed by atoms with Gasteiger partial charge in [0.15, 0.2) is 0 Å². The Morgan fingerprint density at radius 3 is 2.64 bits per heavy atom. The minimum absolute atomic E-state index is 0.512. The average molecular weight is 192 g/mol. The Morgan fingerprint density at radius 2 is 1.93 bits per heavy atom. The molecule has 0 heteroatoms. The van der Waals surface area contributed by atoms with Crippen molar-refractivity contribution in [1.29, 1.82) is 0 Å². The van der Waals surface area contributed by atoms with Crippen LogP contribution < -0.4 is 0 Å². The van der Waals surface area contributed by atoms with Gasteiger partial charge in [-0.15, -0.1) is 0 Å². The molecule has 0 aromatic heterocycles. The van der Waals surface area contributed by atoms with E-state index in [1.165, 1.54) is 32.1 Å². The molecule has 1 saturated carbocycles. The van der Waals surface area contributed by atoms with Crippen molar-refractivity contribution in [1.82, 2.24) is 0 Å². The van der Waals surface area contributed by atoms with Gasteiger partial charge in [0.1, 0.15) is 0 Å². The van der Waals surface area contributed by atoms with E-state index in [0.29, 0.717) is 10.8 Å². The molecule has 0 unspecified atom stereocenters. The third-order valence-corrected chi connectivity index (χ3v) is 5.07. The summed E-state index contributed by atoms with van der Waals surface area (Å²) in [5, 5.41) is 0. The molecule has 0 N–H and O–H groups in total. The molecule has 2 atom stereocenters.